The molecule has 0 aromatic heterocycles. The summed E-state index contributed by atoms with van der Waals surface area (Å²) in [5, 5.41) is 11.2. The van der Waals surface area contributed by atoms with E-state index in [4.69, 9.17) is 0 Å². The fourth-order valence-electron chi connectivity index (χ4n) is 0.260. The molecule has 0 bridgehead atoms. The van der Waals surface area contributed by atoms with Crippen LogP contribution in [-0.2, 0) is 0 Å². The Labute approximate surface area is 60.4 Å². The van der Waals surface area contributed by atoms with Gasteiger partial charge in [0.1, 0.15) is 0 Å². The summed E-state index contributed by atoms with van der Waals surface area (Å²) in [5.74, 6) is 0. The monoisotopic (exact) mass is 163 g/mol. The number of hydrogen-bond donors (Lipinski definition) is 2. The van der Waals surface area contributed by atoms with Crippen molar-refractivity contribution >= 4 is 6.03 Å². The second-order valence-corrected chi connectivity index (χ2v) is 1.42. The molecule has 0 radical (unpaired) electrons. The van der Waals surface area contributed by atoms with Gasteiger partial charge in [0.2, 0.25) is 0 Å². The zero-order valence-corrected chi connectivity index (χ0v) is 5.47. The summed E-state index contributed by atoms with van der Waals surface area (Å²) in [6.45, 7) is 0. The van der Waals surface area contributed by atoms with Crippen LogP contribution in [0.2, 0.25) is 0 Å². The van der Waals surface area contributed by atoms with Crippen molar-refractivity contribution in [1.29, 1.82) is 0 Å². The molecule has 2 N–H and O–H groups in total. The van der Waals surface area contributed by atoms with E-state index in [2.05, 4.69) is 5.29 Å². The van der Waals surface area contributed by atoms with Gasteiger partial charge in [-0.05, 0) is 5.43 Å². The van der Waals surface area contributed by atoms with Crippen LogP contribution in [0.4, 0.5) is 4.79 Å². The summed E-state index contributed by atoms with van der Waals surface area (Å²) < 4.78 is 0. The van der Waals surface area contributed by atoms with Crippen molar-refractivity contribution in [2.75, 3.05) is 7.05 Å². The smallest absolute Gasteiger partial charge is 0.241 e. The largest absolute Gasteiger partial charge is 0.394 e. The van der Waals surface area contributed by atoms with Gasteiger partial charge in [-0.15, -0.1) is 4.91 Å². The number of hydrogen-bond acceptors (Lipinski definition) is 5. The van der Waals surface area contributed by atoms with Gasteiger partial charge in [-0.3, -0.25) is 0 Å². The molecule has 2 amide bonds. The second kappa shape index (κ2) is 3.98. The number of carbonyl (C=O) groups excluding carboxylic acids is 1. The van der Waals surface area contributed by atoms with E-state index in [1.165, 1.54) is 5.43 Å². The molecule has 0 rings (SSSR count). The number of nitrogens with zero attached hydrogens (tertiary/aromatic N) is 3. The summed E-state index contributed by atoms with van der Waals surface area (Å²) in [4.78, 5) is 29.5. The van der Waals surface area contributed by atoms with Crippen LogP contribution in [-0.4, -0.2) is 23.1 Å². The summed E-state index contributed by atoms with van der Waals surface area (Å²) in [7, 11) is 1.10. The molecule has 0 unspecified atom stereocenters. The molecule has 9 heteroatoms. The van der Waals surface area contributed by atoms with E-state index in [0.717, 1.165) is 7.05 Å². The maximum Gasteiger partial charge on any atom is 0.394 e. The highest BCUT2D eigenvalue weighted by molar-refractivity contribution is 5.71. The van der Waals surface area contributed by atoms with Gasteiger partial charge < -0.3 is 0 Å². The van der Waals surface area contributed by atoms with E-state index in [1.54, 1.807) is 5.53 Å². The highest BCUT2D eigenvalue weighted by Gasteiger charge is 2.12. The third-order valence-electron chi connectivity index (χ3n) is 0.682. The fraction of sp³-hybridized carbons (Fsp3) is 0.500. The molecule has 9 nitrogen and oxygen atoms in total. The topological polar surface area (TPSA) is 117 Å². The molecule has 0 saturated carbocycles. The average Bonchev–Trinajstić information content (AvgIpc) is 1.86. The maximum absolute atomic E-state index is 10.5. The number of carbonyl (C=O) groups is 1. The van der Waals surface area contributed by atoms with Crippen LogP contribution in [0.1, 0.15) is 0 Å². The predicted molar refractivity (Wildman–Crippen MR) is 32.2 cm³/mol. The van der Waals surface area contributed by atoms with Gasteiger partial charge in [-0.1, -0.05) is 0 Å². The zero-order valence-electron chi connectivity index (χ0n) is 5.47. The molecule has 0 atom stereocenters. The Kier molecular flexibility index (Phi) is 3.28. The van der Waals surface area contributed by atoms with Crippen molar-refractivity contribution in [2.45, 2.75) is 0 Å². The number of nitro groups is 1. The normalized spacial score (nSPS) is 8.09. The van der Waals surface area contributed by atoms with E-state index in [1.807, 2.05) is 0 Å². The molecule has 11 heavy (non-hydrogen) atoms. The summed E-state index contributed by atoms with van der Waals surface area (Å²) >= 11 is 0. The van der Waals surface area contributed by atoms with Crippen molar-refractivity contribution in [3.63, 3.8) is 0 Å². The Morgan fingerprint density at radius 2 is 2.27 bits per heavy atom. The third kappa shape index (κ3) is 3.61. The van der Waals surface area contributed by atoms with Crippen LogP contribution in [0.3, 0.4) is 0 Å². The molecule has 0 aliphatic rings. The number of rotatable bonds is 3. The van der Waals surface area contributed by atoms with Gasteiger partial charge in [0.25, 0.3) is 0 Å². The fourth-order valence-corrected chi connectivity index (χ4v) is 0.260. The molecule has 0 spiro atoms. The van der Waals surface area contributed by atoms with Gasteiger partial charge in [-0.25, -0.2) is 19.9 Å². The Morgan fingerprint density at radius 3 is 2.64 bits per heavy atom. The van der Waals surface area contributed by atoms with Crippen molar-refractivity contribution in [2.24, 2.45) is 5.29 Å². The highest BCUT2D eigenvalue weighted by atomic mass is 16.7. The molecular formula is C2H5N5O4. The molecule has 0 heterocycles. The maximum atomic E-state index is 10.5. The molecule has 0 saturated heterocycles. The highest BCUT2D eigenvalue weighted by Crippen LogP contribution is 1.76. The third-order valence-corrected chi connectivity index (χ3v) is 0.682. The molecule has 0 aromatic carbocycles. The molecule has 0 fully saturated rings. The lowest BCUT2D eigenvalue weighted by Crippen LogP contribution is -2.45. The minimum absolute atomic E-state index is 0.524. The van der Waals surface area contributed by atoms with E-state index in [0.29, 0.717) is 5.01 Å². The first-order valence-electron chi connectivity index (χ1n) is 2.34. The number of urea groups is 1. The minimum atomic E-state index is -1.09. The predicted octanol–water partition coefficient (Wildman–Crippen LogP) is -0.994. The Bertz CT molecular complexity index is 179. The van der Waals surface area contributed by atoms with E-state index < -0.39 is 11.1 Å². The van der Waals surface area contributed by atoms with Crippen molar-refractivity contribution in [1.82, 2.24) is 16.0 Å². The number of hydrazine groups is 2. The molecule has 0 aliphatic carbocycles. The van der Waals surface area contributed by atoms with Gasteiger partial charge in [0.05, 0.1) is 5.29 Å². The van der Waals surface area contributed by atoms with Crippen LogP contribution in [0.15, 0.2) is 5.29 Å². The second-order valence-electron chi connectivity index (χ2n) is 1.42. The molecule has 0 aliphatic heterocycles. The van der Waals surface area contributed by atoms with Gasteiger partial charge in [0.15, 0.2) is 5.03 Å². The summed E-state index contributed by atoms with van der Waals surface area (Å²) in [6.07, 6.45) is 0. The van der Waals surface area contributed by atoms with Crippen molar-refractivity contribution < 1.29 is 9.83 Å². The quantitative estimate of drug-likeness (QED) is 0.314. The minimum Gasteiger partial charge on any atom is -0.241 e. The first-order valence-corrected chi connectivity index (χ1v) is 2.34. The molecule has 62 valence electrons. The lowest BCUT2D eigenvalue weighted by molar-refractivity contribution is -0.528. The van der Waals surface area contributed by atoms with Gasteiger partial charge in [-0.2, -0.15) is 5.53 Å². The standard InChI is InChI=1S/C2H5N5O4/c1-6(4-5-9)2(8)3-7(10)11/h1H3,(H,3,8)(H,4,9). The van der Waals surface area contributed by atoms with Crippen molar-refractivity contribution in [3.8, 4) is 0 Å². The van der Waals surface area contributed by atoms with Crippen molar-refractivity contribution in [3.05, 3.63) is 15.0 Å². The number of nitrogens with one attached hydrogen (secondary N) is 2. The van der Waals surface area contributed by atoms with Gasteiger partial charge >= 0.3 is 6.03 Å². The molecular weight excluding hydrogens is 158 g/mol. The Balaban J connectivity index is 3.82. The van der Waals surface area contributed by atoms with Crippen LogP contribution < -0.4 is 11.0 Å². The SMILES string of the molecule is CN(NN=O)C(=O)N[N+](=O)[O-]. The number of nitroso groups, excluding NO2 is 1. The van der Waals surface area contributed by atoms with E-state index >= 15 is 0 Å². The lowest BCUT2D eigenvalue weighted by Gasteiger charge is -2.09. The van der Waals surface area contributed by atoms with Crippen LogP contribution in [0, 0.1) is 15.0 Å². The van der Waals surface area contributed by atoms with Gasteiger partial charge in [0, 0.05) is 7.05 Å². The first kappa shape index (κ1) is 9.07. The van der Waals surface area contributed by atoms with E-state index in [-0.39, 0.29) is 0 Å². The Morgan fingerprint density at radius 1 is 1.73 bits per heavy atom. The zero-order chi connectivity index (χ0) is 8.85. The summed E-state index contributed by atoms with van der Waals surface area (Å²) in [6, 6.07) is -1.09. The van der Waals surface area contributed by atoms with E-state index in [9.17, 15) is 19.8 Å². The van der Waals surface area contributed by atoms with Crippen LogP contribution in [0.25, 0.3) is 0 Å². The molecule has 0 aromatic rings. The lowest BCUT2D eigenvalue weighted by atomic mass is 11.0. The first-order chi connectivity index (χ1) is 5.07. The van der Waals surface area contributed by atoms with Crippen LogP contribution >= 0.6 is 0 Å². The number of amides is 2. The summed E-state index contributed by atoms with van der Waals surface area (Å²) in [5.41, 5.74) is 2.91. The van der Waals surface area contributed by atoms with Crippen LogP contribution in [0.5, 0.6) is 0 Å². The average molecular weight is 163 g/mol. The Hall–Kier alpha value is -1.93.